The number of nitrogens with zero attached hydrogens (tertiary/aromatic N) is 4. The van der Waals surface area contributed by atoms with E-state index in [-0.39, 0.29) is 16.6 Å². The molecule has 0 bridgehead atoms. The molecule has 1 aromatic carbocycles. The van der Waals surface area contributed by atoms with Crippen LogP contribution >= 0.6 is 11.6 Å². The number of benzene rings is 1. The lowest BCUT2D eigenvalue weighted by atomic mass is 10.0. The molecule has 0 spiro atoms. The van der Waals surface area contributed by atoms with E-state index in [1.54, 1.807) is 12.1 Å². The Labute approximate surface area is 161 Å². The van der Waals surface area contributed by atoms with Gasteiger partial charge in [0, 0.05) is 13.6 Å². The third kappa shape index (κ3) is 4.98. The highest BCUT2D eigenvalue weighted by Gasteiger charge is 2.24. The maximum Gasteiger partial charge on any atom is 0.277 e. The molecule has 1 heterocycles. The summed E-state index contributed by atoms with van der Waals surface area (Å²) in [7, 11) is 1.53. The third-order valence-corrected chi connectivity index (χ3v) is 3.99. The van der Waals surface area contributed by atoms with Gasteiger partial charge in [0.15, 0.2) is 0 Å². The summed E-state index contributed by atoms with van der Waals surface area (Å²) in [6.45, 7) is 4.28. The zero-order valence-electron chi connectivity index (χ0n) is 15.2. The molecule has 0 aliphatic carbocycles. The second-order valence-electron chi connectivity index (χ2n) is 5.77. The Morgan fingerprint density at radius 3 is 2.44 bits per heavy atom. The Morgan fingerprint density at radius 1 is 1.22 bits per heavy atom. The van der Waals surface area contributed by atoms with Gasteiger partial charge in [-0.1, -0.05) is 53.5 Å². The molecule has 2 aromatic rings. The number of tetrazole rings is 1. The number of carbonyl (C=O) groups excluding carboxylic acids is 2. The number of aryl methyl sites for hydroxylation is 2. The number of nitrogens with one attached hydrogen (secondary N) is 3. The fourth-order valence-electron chi connectivity index (χ4n) is 2.13. The molecule has 142 valence electrons. The lowest BCUT2D eigenvalue weighted by Crippen LogP contribution is -2.29. The molecule has 0 unspecified atom stereocenters. The maximum atomic E-state index is 12.6. The van der Waals surface area contributed by atoms with Crippen LogP contribution in [-0.2, 0) is 16.6 Å². The van der Waals surface area contributed by atoms with Crippen molar-refractivity contribution >= 4 is 40.6 Å². The van der Waals surface area contributed by atoms with Crippen LogP contribution in [-0.4, -0.2) is 44.3 Å². The van der Waals surface area contributed by atoms with Crippen molar-refractivity contribution in [1.29, 1.82) is 5.41 Å². The SMILES string of the molecule is CCCNC(=O)/C(=C(/Cl)C(=N)C(=O)Nc1nnnn1C)c1ccc(C)cc1. The fourth-order valence-corrected chi connectivity index (χ4v) is 2.41. The molecule has 0 aliphatic heterocycles. The Balaban J connectivity index is 2.37. The highest BCUT2D eigenvalue weighted by molar-refractivity contribution is 6.64. The normalized spacial score (nSPS) is 11.6. The topological polar surface area (TPSA) is 126 Å². The molecule has 0 aliphatic rings. The van der Waals surface area contributed by atoms with Crippen molar-refractivity contribution in [3.05, 3.63) is 40.4 Å². The van der Waals surface area contributed by atoms with Crippen LogP contribution < -0.4 is 10.6 Å². The molecule has 0 atom stereocenters. The van der Waals surface area contributed by atoms with Crippen molar-refractivity contribution < 1.29 is 9.59 Å². The summed E-state index contributed by atoms with van der Waals surface area (Å²) in [5, 5.41) is 23.6. The van der Waals surface area contributed by atoms with E-state index in [4.69, 9.17) is 17.0 Å². The molecule has 9 nitrogen and oxygen atoms in total. The van der Waals surface area contributed by atoms with Crippen molar-refractivity contribution in [2.24, 2.45) is 7.05 Å². The Morgan fingerprint density at radius 2 is 1.89 bits per heavy atom. The van der Waals surface area contributed by atoms with Crippen LogP contribution in [0.1, 0.15) is 24.5 Å². The van der Waals surface area contributed by atoms with Gasteiger partial charge < -0.3 is 5.32 Å². The summed E-state index contributed by atoms with van der Waals surface area (Å²) in [4.78, 5) is 24.9. The number of halogens is 1. The van der Waals surface area contributed by atoms with Crippen LogP contribution in [0.25, 0.3) is 5.57 Å². The molecular weight excluding hydrogens is 370 g/mol. The molecule has 1 aromatic heterocycles. The predicted molar refractivity (Wildman–Crippen MR) is 102 cm³/mol. The molecule has 0 saturated carbocycles. The van der Waals surface area contributed by atoms with Gasteiger partial charge in [0.1, 0.15) is 5.71 Å². The lowest BCUT2D eigenvalue weighted by molar-refractivity contribution is -0.115. The Bertz CT molecular complexity index is 887. The van der Waals surface area contributed by atoms with E-state index in [1.165, 1.54) is 11.7 Å². The first-order valence-corrected chi connectivity index (χ1v) is 8.60. The van der Waals surface area contributed by atoms with Crippen molar-refractivity contribution in [3.8, 4) is 0 Å². The summed E-state index contributed by atoms with van der Waals surface area (Å²) in [5.41, 5.74) is 1.01. The van der Waals surface area contributed by atoms with Gasteiger partial charge in [-0.3, -0.25) is 20.3 Å². The number of carbonyl (C=O) groups is 2. The van der Waals surface area contributed by atoms with Crippen LogP contribution in [0.3, 0.4) is 0 Å². The molecular formula is C17H20ClN7O2. The zero-order valence-corrected chi connectivity index (χ0v) is 16.0. The summed E-state index contributed by atoms with van der Waals surface area (Å²) in [6.07, 6.45) is 0.738. The van der Waals surface area contributed by atoms with Gasteiger partial charge in [0.2, 0.25) is 5.95 Å². The quantitative estimate of drug-likeness (QED) is 0.490. The zero-order chi connectivity index (χ0) is 20.0. The highest BCUT2D eigenvalue weighted by atomic mass is 35.5. The monoisotopic (exact) mass is 389 g/mol. The largest absolute Gasteiger partial charge is 0.352 e. The van der Waals surface area contributed by atoms with Gasteiger partial charge in [-0.25, -0.2) is 4.68 Å². The standard InChI is InChI=1S/C17H20ClN7O2/c1-4-9-20-15(26)12(11-7-5-10(2)6-8-11)13(18)14(19)16(27)21-17-22-23-24-25(17)3/h5-8,19H,4,9H2,1-3H3,(H,20,26)(H,21,22,24,27)/b13-12+,19-14?. The van der Waals surface area contributed by atoms with E-state index in [0.717, 1.165) is 12.0 Å². The van der Waals surface area contributed by atoms with Crippen LogP contribution in [0.5, 0.6) is 0 Å². The van der Waals surface area contributed by atoms with Gasteiger partial charge >= 0.3 is 0 Å². The van der Waals surface area contributed by atoms with Crippen LogP contribution in [0.2, 0.25) is 0 Å². The van der Waals surface area contributed by atoms with Gasteiger partial charge in [0.25, 0.3) is 11.8 Å². The predicted octanol–water partition coefficient (Wildman–Crippen LogP) is 1.65. The molecule has 27 heavy (non-hydrogen) atoms. The number of aromatic nitrogens is 4. The van der Waals surface area contributed by atoms with E-state index in [1.807, 2.05) is 26.0 Å². The summed E-state index contributed by atoms with van der Waals surface area (Å²) < 4.78 is 1.23. The average molecular weight is 390 g/mol. The first-order chi connectivity index (χ1) is 12.8. The Kier molecular flexibility index (Phi) is 6.78. The Hall–Kier alpha value is -3.07. The van der Waals surface area contributed by atoms with E-state index in [2.05, 4.69) is 26.2 Å². The minimum Gasteiger partial charge on any atom is -0.352 e. The first-order valence-electron chi connectivity index (χ1n) is 8.22. The number of anilines is 1. The number of hydrogen-bond donors (Lipinski definition) is 3. The van der Waals surface area contributed by atoms with Gasteiger partial charge in [0.05, 0.1) is 10.6 Å². The van der Waals surface area contributed by atoms with Gasteiger partial charge in [-0.15, -0.1) is 0 Å². The third-order valence-electron chi connectivity index (χ3n) is 3.61. The molecule has 2 amide bonds. The van der Waals surface area contributed by atoms with E-state index in [9.17, 15) is 9.59 Å². The second kappa shape index (κ2) is 9.04. The highest BCUT2D eigenvalue weighted by Crippen LogP contribution is 2.24. The molecule has 3 N–H and O–H groups in total. The van der Waals surface area contributed by atoms with E-state index >= 15 is 0 Å². The van der Waals surface area contributed by atoms with Gasteiger partial charge in [-0.2, -0.15) is 0 Å². The number of rotatable bonds is 7. The van der Waals surface area contributed by atoms with Crippen molar-refractivity contribution in [2.75, 3.05) is 11.9 Å². The van der Waals surface area contributed by atoms with Crippen molar-refractivity contribution in [2.45, 2.75) is 20.3 Å². The minimum absolute atomic E-state index is 0.0568. The van der Waals surface area contributed by atoms with Crippen LogP contribution in [0, 0.1) is 12.3 Å². The van der Waals surface area contributed by atoms with Gasteiger partial charge in [-0.05, 0) is 29.3 Å². The average Bonchev–Trinajstić information content (AvgIpc) is 3.05. The lowest BCUT2D eigenvalue weighted by Gasteiger charge is -2.12. The maximum absolute atomic E-state index is 12.6. The fraction of sp³-hybridized carbons (Fsp3) is 0.294. The summed E-state index contributed by atoms with van der Waals surface area (Å²) in [5.74, 6) is -1.23. The minimum atomic E-state index is -0.828. The smallest absolute Gasteiger partial charge is 0.277 e. The first kappa shape index (κ1) is 20.2. The summed E-state index contributed by atoms with van der Waals surface area (Å²) >= 11 is 6.30. The van der Waals surface area contributed by atoms with E-state index in [0.29, 0.717) is 12.1 Å². The molecule has 0 radical (unpaired) electrons. The molecule has 2 rings (SSSR count). The van der Waals surface area contributed by atoms with Crippen molar-refractivity contribution in [1.82, 2.24) is 25.5 Å². The second-order valence-corrected chi connectivity index (χ2v) is 6.14. The number of hydrogen-bond acceptors (Lipinski definition) is 6. The summed E-state index contributed by atoms with van der Waals surface area (Å²) in [6, 6.07) is 7.08. The van der Waals surface area contributed by atoms with Crippen LogP contribution in [0.15, 0.2) is 29.3 Å². The molecule has 0 saturated heterocycles. The molecule has 0 fully saturated rings. The van der Waals surface area contributed by atoms with Crippen LogP contribution in [0.4, 0.5) is 5.95 Å². The van der Waals surface area contributed by atoms with Crippen molar-refractivity contribution in [3.63, 3.8) is 0 Å². The molecule has 10 heteroatoms. The van der Waals surface area contributed by atoms with E-state index < -0.39 is 17.5 Å². The number of amides is 2.